The molecule has 7 nitrogen and oxygen atoms in total. The lowest BCUT2D eigenvalue weighted by molar-refractivity contribution is 0.293. The van der Waals surface area contributed by atoms with Crippen molar-refractivity contribution in [2.45, 2.75) is 18.2 Å². The van der Waals surface area contributed by atoms with Gasteiger partial charge in [-0.15, -0.1) is 10.2 Å². The summed E-state index contributed by atoms with van der Waals surface area (Å²) in [7, 11) is -3.17. The first kappa shape index (κ1) is 21.6. The molecule has 0 atom stereocenters. The molecule has 0 unspecified atom stereocenters. The fourth-order valence-electron chi connectivity index (χ4n) is 2.52. The predicted octanol–water partition coefficient (Wildman–Crippen LogP) is 3.53. The maximum atomic E-state index is 11.2. The van der Waals surface area contributed by atoms with Crippen LogP contribution in [-0.2, 0) is 16.6 Å². The summed E-state index contributed by atoms with van der Waals surface area (Å²) in [5.74, 6) is 1.92. The molecule has 0 aliphatic heterocycles. The molecule has 0 amide bonds. The van der Waals surface area contributed by atoms with Crippen LogP contribution in [0.15, 0.2) is 59.8 Å². The summed E-state index contributed by atoms with van der Waals surface area (Å²) in [6.07, 6.45) is 1.82. The molecule has 2 aromatic carbocycles. The van der Waals surface area contributed by atoms with Crippen molar-refractivity contribution in [1.29, 1.82) is 0 Å². The van der Waals surface area contributed by atoms with E-state index in [1.165, 1.54) is 11.8 Å². The summed E-state index contributed by atoms with van der Waals surface area (Å²) < 4.78 is 32.6. The highest BCUT2D eigenvalue weighted by Crippen LogP contribution is 2.26. The van der Waals surface area contributed by atoms with Gasteiger partial charge in [-0.05, 0) is 30.7 Å². The average Bonchev–Trinajstić information content (AvgIpc) is 3.09. The lowest BCUT2D eigenvalue weighted by Gasteiger charge is -2.11. The van der Waals surface area contributed by atoms with Gasteiger partial charge in [-0.3, -0.25) is 4.57 Å². The van der Waals surface area contributed by atoms with Crippen molar-refractivity contribution >= 4 is 33.4 Å². The summed E-state index contributed by atoms with van der Waals surface area (Å²) in [6.45, 7) is 0.593. The molecule has 0 aliphatic rings. The van der Waals surface area contributed by atoms with Crippen molar-refractivity contribution in [1.82, 2.24) is 19.5 Å². The van der Waals surface area contributed by atoms with Crippen molar-refractivity contribution in [2.24, 2.45) is 0 Å². The van der Waals surface area contributed by atoms with Gasteiger partial charge in [0.2, 0.25) is 10.0 Å². The number of ether oxygens (including phenoxy) is 1. The second-order valence-electron chi connectivity index (χ2n) is 6.16. The molecular formula is C19H21ClN4O3S2. The van der Waals surface area contributed by atoms with Crippen LogP contribution in [0.5, 0.6) is 5.75 Å². The molecule has 29 heavy (non-hydrogen) atoms. The molecule has 1 heterocycles. The van der Waals surface area contributed by atoms with Crippen LogP contribution in [-0.4, -0.2) is 41.7 Å². The molecule has 0 radical (unpaired) electrons. The molecule has 3 rings (SSSR count). The predicted molar refractivity (Wildman–Crippen MR) is 115 cm³/mol. The zero-order valence-corrected chi connectivity index (χ0v) is 18.2. The molecule has 0 aliphatic carbocycles. The van der Waals surface area contributed by atoms with Crippen LogP contribution >= 0.6 is 23.4 Å². The Labute approximate surface area is 179 Å². The largest absolute Gasteiger partial charge is 0.484 e. The number of sulfonamides is 1. The van der Waals surface area contributed by atoms with Crippen molar-refractivity contribution in [3.05, 3.63) is 65.4 Å². The van der Waals surface area contributed by atoms with E-state index in [2.05, 4.69) is 14.9 Å². The van der Waals surface area contributed by atoms with E-state index >= 15 is 0 Å². The standard InChI is InChI=1S/C19H21ClN4O3S2/c1-29(25,26)21-12-7-13-28-19-23-22-18(24(19)15-8-3-2-4-9-15)14-27-17-11-6-5-10-16(17)20/h2-6,8-11,21H,7,12-14H2,1H3. The van der Waals surface area contributed by atoms with Crippen molar-refractivity contribution in [2.75, 3.05) is 18.6 Å². The first-order valence-electron chi connectivity index (χ1n) is 8.88. The smallest absolute Gasteiger partial charge is 0.208 e. The zero-order chi connectivity index (χ0) is 20.7. The Morgan fingerprint density at radius 3 is 2.55 bits per heavy atom. The lowest BCUT2D eigenvalue weighted by Crippen LogP contribution is -2.23. The Bertz CT molecular complexity index is 1040. The van der Waals surface area contributed by atoms with Gasteiger partial charge in [0.15, 0.2) is 11.0 Å². The fourth-order valence-corrected chi connectivity index (χ4v) is 4.14. The Kier molecular flexibility index (Phi) is 7.54. The summed E-state index contributed by atoms with van der Waals surface area (Å²) in [6, 6.07) is 17.0. The van der Waals surface area contributed by atoms with Crippen LogP contribution in [0.3, 0.4) is 0 Å². The molecule has 0 fully saturated rings. The first-order valence-corrected chi connectivity index (χ1v) is 12.1. The third-order valence-corrected chi connectivity index (χ3v) is 5.88. The van der Waals surface area contributed by atoms with Crippen LogP contribution in [0, 0.1) is 0 Å². The highest BCUT2D eigenvalue weighted by Gasteiger charge is 2.15. The molecule has 1 aromatic heterocycles. The number of halogens is 1. The number of benzene rings is 2. The minimum absolute atomic E-state index is 0.210. The van der Waals surface area contributed by atoms with Crippen LogP contribution in [0.1, 0.15) is 12.2 Å². The van der Waals surface area contributed by atoms with Gasteiger partial charge < -0.3 is 4.74 Å². The SMILES string of the molecule is CS(=O)(=O)NCCCSc1nnc(COc2ccccc2Cl)n1-c1ccccc1. The number of hydrogen-bond donors (Lipinski definition) is 1. The topological polar surface area (TPSA) is 86.1 Å². The number of thioether (sulfide) groups is 1. The first-order chi connectivity index (χ1) is 13.9. The number of nitrogens with one attached hydrogen (secondary N) is 1. The van der Waals surface area contributed by atoms with E-state index in [1.54, 1.807) is 12.1 Å². The summed E-state index contributed by atoms with van der Waals surface area (Å²) >= 11 is 7.67. The second-order valence-corrected chi connectivity index (χ2v) is 9.46. The van der Waals surface area contributed by atoms with Crippen LogP contribution in [0.4, 0.5) is 0 Å². The fraction of sp³-hybridized carbons (Fsp3) is 0.263. The number of aromatic nitrogens is 3. The van der Waals surface area contributed by atoms with Gasteiger partial charge in [0.1, 0.15) is 12.4 Å². The van der Waals surface area contributed by atoms with E-state index < -0.39 is 10.0 Å². The van der Waals surface area contributed by atoms with E-state index in [0.29, 0.717) is 40.5 Å². The molecule has 0 saturated carbocycles. The Morgan fingerprint density at radius 1 is 1.10 bits per heavy atom. The lowest BCUT2D eigenvalue weighted by atomic mass is 10.3. The van der Waals surface area contributed by atoms with E-state index in [9.17, 15) is 8.42 Å². The minimum Gasteiger partial charge on any atom is -0.484 e. The molecule has 0 saturated heterocycles. The second kappa shape index (κ2) is 10.1. The van der Waals surface area contributed by atoms with Gasteiger partial charge >= 0.3 is 0 Å². The quantitative estimate of drug-likeness (QED) is 0.374. The van der Waals surface area contributed by atoms with Crippen molar-refractivity contribution in [3.63, 3.8) is 0 Å². The monoisotopic (exact) mass is 452 g/mol. The maximum absolute atomic E-state index is 11.2. The van der Waals surface area contributed by atoms with E-state index in [-0.39, 0.29) is 6.61 Å². The zero-order valence-electron chi connectivity index (χ0n) is 15.8. The average molecular weight is 453 g/mol. The van der Waals surface area contributed by atoms with Gasteiger partial charge in [0.05, 0.1) is 11.3 Å². The van der Waals surface area contributed by atoms with Gasteiger partial charge in [0.25, 0.3) is 0 Å². The summed E-state index contributed by atoms with van der Waals surface area (Å²) in [5, 5.41) is 9.84. The van der Waals surface area contributed by atoms with Gasteiger partial charge in [-0.1, -0.05) is 53.7 Å². The van der Waals surface area contributed by atoms with Crippen LogP contribution < -0.4 is 9.46 Å². The third-order valence-electron chi connectivity index (χ3n) is 3.82. The molecule has 154 valence electrons. The number of para-hydroxylation sites is 2. The Balaban J connectivity index is 1.72. The molecule has 0 spiro atoms. The molecular weight excluding hydrogens is 432 g/mol. The van der Waals surface area contributed by atoms with Crippen LogP contribution in [0.25, 0.3) is 5.69 Å². The van der Waals surface area contributed by atoms with Gasteiger partial charge in [0, 0.05) is 18.0 Å². The Morgan fingerprint density at radius 2 is 1.83 bits per heavy atom. The Hall–Kier alpha value is -2.07. The summed E-state index contributed by atoms with van der Waals surface area (Å²) in [4.78, 5) is 0. The number of hydrogen-bond acceptors (Lipinski definition) is 6. The van der Waals surface area contributed by atoms with E-state index in [4.69, 9.17) is 16.3 Å². The minimum atomic E-state index is -3.17. The van der Waals surface area contributed by atoms with E-state index in [1.807, 2.05) is 47.0 Å². The van der Waals surface area contributed by atoms with Gasteiger partial charge in [-0.25, -0.2) is 13.1 Å². The number of rotatable bonds is 10. The molecule has 3 aromatic rings. The normalized spacial score (nSPS) is 11.5. The highest BCUT2D eigenvalue weighted by atomic mass is 35.5. The van der Waals surface area contributed by atoms with Crippen molar-refractivity contribution in [3.8, 4) is 11.4 Å². The van der Waals surface area contributed by atoms with Crippen molar-refractivity contribution < 1.29 is 13.2 Å². The highest BCUT2D eigenvalue weighted by molar-refractivity contribution is 7.99. The van der Waals surface area contributed by atoms with E-state index in [0.717, 1.165) is 11.9 Å². The molecule has 10 heteroatoms. The molecule has 0 bridgehead atoms. The molecule has 1 N–H and O–H groups in total. The maximum Gasteiger partial charge on any atom is 0.208 e. The van der Waals surface area contributed by atoms with Crippen LogP contribution in [0.2, 0.25) is 5.02 Å². The van der Waals surface area contributed by atoms with Gasteiger partial charge in [-0.2, -0.15) is 0 Å². The number of nitrogens with zero attached hydrogens (tertiary/aromatic N) is 3. The third kappa shape index (κ3) is 6.46. The summed E-state index contributed by atoms with van der Waals surface area (Å²) in [5.41, 5.74) is 0.923.